The molecule has 1 aliphatic heterocycles. The van der Waals surface area contributed by atoms with Gasteiger partial charge in [0.25, 0.3) is 0 Å². The van der Waals surface area contributed by atoms with Gasteiger partial charge in [-0.2, -0.15) is 10.4 Å². The fraction of sp³-hybridized carbons (Fsp3) is 0.500. The maximum Gasteiger partial charge on any atom is 0.137 e. The molecule has 132 valence electrons. The molecule has 7 nitrogen and oxygen atoms in total. The van der Waals surface area contributed by atoms with Crippen molar-refractivity contribution in [3.63, 3.8) is 0 Å². The number of nitrogens with zero attached hydrogens (tertiary/aromatic N) is 5. The van der Waals surface area contributed by atoms with E-state index in [-0.39, 0.29) is 6.61 Å². The molecule has 3 rings (SSSR count). The van der Waals surface area contributed by atoms with E-state index in [1.54, 1.807) is 36.9 Å². The Morgan fingerprint density at radius 3 is 2.92 bits per heavy atom. The highest BCUT2D eigenvalue weighted by Gasteiger charge is 2.22. The Morgan fingerprint density at radius 2 is 2.20 bits per heavy atom. The van der Waals surface area contributed by atoms with E-state index >= 15 is 0 Å². The second kappa shape index (κ2) is 8.60. The lowest BCUT2D eigenvalue weighted by atomic mass is 9.98. The van der Waals surface area contributed by atoms with Gasteiger partial charge < -0.3 is 14.7 Å². The minimum absolute atomic E-state index is 0.246. The Hall–Kier alpha value is -2.43. The number of aliphatic hydroxyl groups excluding tert-OH is 1. The van der Waals surface area contributed by atoms with Gasteiger partial charge in [-0.1, -0.05) is 0 Å². The van der Waals surface area contributed by atoms with Crippen molar-refractivity contribution in [3.05, 3.63) is 42.5 Å². The zero-order valence-corrected chi connectivity index (χ0v) is 14.2. The summed E-state index contributed by atoms with van der Waals surface area (Å²) in [6.45, 7) is 3.67. The van der Waals surface area contributed by atoms with Crippen LogP contribution in [0.5, 0.6) is 5.75 Å². The van der Waals surface area contributed by atoms with Gasteiger partial charge in [-0.15, -0.1) is 0 Å². The number of hydrogen-bond acceptors (Lipinski definition) is 6. The topological polar surface area (TPSA) is 87.2 Å². The number of piperidine rings is 1. The van der Waals surface area contributed by atoms with Gasteiger partial charge in [0.15, 0.2) is 0 Å². The van der Waals surface area contributed by atoms with Gasteiger partial charge in [0, 0.05) is 19.6 Å². The number of β-amino-alcohol motifs (C(OH)–C–C–N with tert-alkyl or cyclic N) is 1. The van der Waals surface area contributed by atoms with Crippen LogP contribution in [0.3, 0.4) is 0 Å². The maximum atomic E-state index is 10.3. The molecule has 0 bridgehead atoms. The number of hydrogen-bond donors (Lipinski definition) is 1. The smallest absolute Gasteiger partial charge is 0.137 e. The van der Waals surface area contributed by atoms with Gasteiger partial charge in [-0.25, -0.2) is 4.98 Å². The molecule has 7 heteroatoms. The monoisotopic (exact) mass is 341 g/mol. The van der Waals surface area contributed by atoms with Crippen LogP contribution in [0.2, 0.25) is 0 Å². The summed E-state index contributed by atoms with van der Waals surface area (Å²) >= 11 is 0. The van der Waals surface area contributed by atoms with E-state index in [1.807, 2.05) is 4.68 Å². The van der Waals surface area contributed by atoms with Crippen LogP contribution in [0.15, 0.2) is 36.9 Å². The predicted octanol–water partition coefficient (Wildman–Crippen LogP) is 1.30. The van der Waals surface area contributed by atoms with E-state index < -0.39 is 6.10 Å². The summed E-state index contributed by atoms with van der Waals surface area (Å²) in [7, 11) is 0. The Kier molecular flexibility index (Phi) is 5.99. The Labute approximate surface area is 147 Å². The summed E-state index contributed by atoms with van der Waals surface area (Å²) in [5.74, 6) is 1.20. The molecule has 0 radical (unpaired) electrons. The first-order valence-electron chi connectivity index (χ1n) is 8.58. The highest BCUT2D eigenvalue weighted by Crippen LogP contribution is 2.18. The van der Waals surface area contributed by atoms with Crippen molar-refractivity contribution in [1.82, 2.24) is 19.7 Å². The van der Waals surface area contributed by atoms with Gasteiger partial charge in [0.1, 0.15) is 31.1 Å². The second-order valence-electron chi connectivity index (χ2n) is 6.49. The number of ether oxygens (including phenoxy) is 1. The van der Waals surface area contributed by atoms with Crippen molar-refractivity contribution in [2.45, 2.75) is 25.5 Å². The fourth-order valence-corrected chi connectivity index (χ4v) is 3.23. The lowest BCUT2D eigenvalue weighted by Gasteiger charge is -2.33. The molecular formula is C18H23N5O2. The number of benzene rings is 1. The minimum Gasteiger partial charge on any atom is -0.491 e. The highest BCUT2D eigenvalue weighted by atomic mass is 16.5. The van der Waals surface area contributed by atoms with Crippen LogP contribution in [0.4, 0.5) is 0 Å². The van der Waals surface area contributed by atoms with E-state index in [2.05, 4.69) is 21.1 Å². The largest absolute Gasteiger partial charge is 0.491 e. The first-order valence-corrected chi connectivity index (χ1v) is 8.58. The van der Waals surface area contributed by atoms with Crippen molar-refractivity contribution in [1.29, 1.82) is 5.26 Å². The van der Waals surface area contributed by atoms with Gasteiger partial charge in [-0.05, 0) is 49.6 Å². The molecule has 1 aromatic carbocycles. The minimum atomic E-state index is -0.541. The highest BCUT2D eigenvalue weighted by molar-refractivity contribution is 5.34. The summed E-state index contributed by atoms with van der Waals surface area (Å²) in [6.07, 6.45) is 5.07. The summed E-state index contributed by atoms with van der Waals surface area (Å²) in [6, 6.07) is 8.99. The van der Waals surface area contributed by atoms with Crippen LogP contribution in [-0.4, -0.2) is 57.1 Å². The molecular weight excluding hydrogens is 318 g/mol. The van der Waals surface area contributed by atoms with E-state index in [0.717, 1.165) is 26.1 Å². The molecule has 2 atom stereocenters. The SMILES string of the molecule is N#Cc1ccc(OC[C@H](O)CN2CCC[C@H](Cn3cncn3)C2)cc1. The number of rotatable bonds is 7. The molecule has 1 aromatic heterocycles. The number of nitriles is 1. The quantitative estimate of drug-likeness (QED) is 0.817. The van der Waals surface area contributed by atoms with Crippen LogP contribution < -0.4 is 4.74 Å². The lowest BCUT2D eigenvalue weighted by molar-refractivity contribution is 0.0495. The standard InChI is InChI=1S/C18H23N5O2/c19-8-15-3-5-18(6-4-15)25-12-17(24)11-22-7-1-2-16(9-22)10-23-14-20-13-21-23/h3-6,13-14,16-17,24H,1-2,7,9-12H2/t16-,17+/m0/s1. The first-order chi connectivity index (χ1) is 12.2. The zero-order valence-electron chi connectivity index (χ0n) is 14.2. The average Bonchev–Trinajstić information content (AvgIpc) is 3.14. The molecule has 0 aliphatic carbocycles. The second-order valence-corrected chi connectivity index (χ2v) is 6.49. The zero-order chi connectivity index (χ0) is 17.5. The lowest BCUT2D eigenvalue weighted by Crippen LogP contribution is -2.42. The van der Waals surface area contributed by atoms with E-state index in [0.29, 0.717) is 23.8 Å². The number of aromatic nitrogens is 3. The Morgan fingerprint density at radius 1 is 1.36 bits per heavy atom. The molecule has 0 amide bonds. The third kappa shape index (κ3) is 5.28. The molecule has 2 heterocycles. The maximum absolute atomic E-state index is 10.3. The fourth-order valence-electron chi connectivity index (χ4n) is 3.23. The van der Waals surface area contributed by atoms with Crippen LogP contribution in [0.1, 0.15) is 18.4 Å². The Bertz CT molecular complexity index is 680. The van der Waals surface area contributed by atoms with Gasteiger partial charge >= 0.3 is 0 Å². The van der Waals surface area contributed by atoms with Crippen molar-refractivity contribution < 1.29 is 9.84 Å². The van der Waals surface area contributed by atoms with Crippen LogP contribution in [0.25, 0.3) is 0 Å². The molecule has 0 spiro atoms. The van der Waals surface area contributed by atoms with Gasteiger partial charge in [0.05, 0.1) is 11.6 Å². The third-order valence-corrected chi connectivity index (χ3v) is 4.41. The van der Waals surface area contributed by atoms with Crippen LogP contribution in [0, 0.1) is 17.2 Å². The van der Waals surface area contributed by atoms with E-state index in [4.69, 9.17) is 10.00 Å². The summed E-state index contributed by atoms with van der Waals surface area (Å²) in [5.41, 5.74) is 0.597. The van der Waals surface area contributed by atoms with Crippen LogP contribution in [-0.2, 0) is 6.54 Å². The molecule has 25 heavy (non-hydrogen) atoms. The van der Waals surface area contributed by atoms with E-state index in [1.165, 1.54) is 6.42 Å². The number of likely N-dealkylation sites (tertiary alicyclic amines) is 1. The molecule has 1 N–H and O–H groups in total. The molecule has 0 unspecified atom stereocenters. The van der Waals surface area contributed by atoms with Crippen molar-refractivity contribution in [2.75, 3.05) is 26.2 Å². The molecule has 1 saturated heterocycles. The predicted molar refractivity (Wildman–Crippen MR) is 91.8 cm³/mol. The average molecular weight is 341 g/mol. The Balaban J connectivity index is 1.42. The summed E-state index contributed by atoms with van der Waals surface area (Å²) in [5, 5.41) is 23.2. The molecule has 2 aromatic rings. The normalized spacial score (nSPS) is 19.3. The van der Waals surface area contributed by atoms with Crippen LogP contribution >= 0.6 is 0 Å². The summed E-state index contributed by atoms with van der Waals surface area (Å²) < 4.78 is 7.49. The summed E-state index contributed by atoms with van der Waals surface area (Å²) in [4.78, 5) is 6.27. The van der Waals surface area contributed by atoms with Crippen molar-refractivity contribution in [2.24, 2.45) is 5.92 Å². The first kappa shape index (κ1) is 17.4. The van der Waals surface area contributed by atoms with Crippen molar-refractivity contribution in [3.8, 4) is 11.8 Å². The molecule has 1 fully saturated rings. The van der Waals surface area contributed by atoms with Crippen molar-refractivity contribution >= 4 is 0 Å². The van der Waals surface area contributed by atoms with Gasteiger partial charge in [0.2, 0.25) is 0 Å². The number of aliphatic hydroxyl groups is 1. The van der Waals surface area contributed by atoms with Gasteiger partial charge in [-0.3, -0.25) is 4.68 Å². The van der Waals surface area contributed by atoms with E-state index in [9.17, 15) is 5.11 Å². The third-order valence-electron chi connectivity index (χ3n) is 4.41. The molecule has 1 aliphatic rings. The molecule has 0 saturated carbocycles.